The molecule has 0 bridgehead atoms. The molecule has 0 unspecified atom stereocenters. The molecule has 2 aromatic heterocycles. The third-order valence-electron chi connectivity index (χ3n) is 1.14. The van der Waals surface area contributed by atoms with E-state index in [2.05, 4.69) is 12.1 Å². The van der Waals surface area contributed by atoms with Gasteiger partial charge in [0.15, 0.2) is 0 Å². The zero-order valence-corrected chi connectivity index (χ0v) is 10.2. The summed E-state index contributed by atoms with van der Waals surface area (Å²) in [6.45, 7) is 0. The first kappa shape index (κ1) is 9.59. The van der Waals surface area contributed by atoms with E-state index in [1.807, 2.05) is 22.9 Å². The molecule has 2 aromatic rings. The molecule has 11 heavy (non-hydrogen) atoms. The van der Waals surface area contributed by atoms with Crippen LogP contribution in [0.1, 0.15) is 0 Å². The molecule has 53 valence electrons. The molecule has 0 N–H and O–H groups in total. The van der Waals surface area contributed by atoms with Crippen molar-refractivity contribution in [2.24, 2.45) is 0 Å². The van der Waals surface area contributed by atoms with E-state index < -0.39 is 0 Å². The van der Waals surface area contributed by atoms with Crippen LogP contribution >= 0.6 is 22.7 Å². The van der Waals surface area contributed by atoms with Crippen molar-refractivity contribution in [1.82, 2.24) is 0 Å². The SMILES string of the molecule is [Y].[c-]1ccsc1-c1[c-]ccs1. The van der Waals surface area contributed by atoms with Crippen LogP contribution in [0.4, 0.5) is 0 Å². The summed E-state index contributed by atoms with van der Waals surface area (Å²) in [4.78, 5) is 2.38. The molecule has 0 aliphatic heterocycles. The summed E-state index contributed by atoms with van der Waals surface area (Å²) in [5, 5.41) is 4.06. The van der Waals surface area contributed by atoms with Crippen LogP contribution in [0.5, 0.6) is 0 Å². The van der Waals surface area contributed by atoms with E-state index in [-0.39, 0.29) is 32.7 Å². The Bertz CT molecular complexity index is 252. The maximum absolute atomic E-state index is 3.14. The second-order valence-corrected chi connectivity index (χ2v) is 3.62. The summed E-state index contributed by atoms with van der Waals surface area (Å²) in [7, 11) is 0. The van der Waals surface area contributed by atoms with E-state index in [0.717, 1.165) is 0 Å². The first-order chi connectivity index (χ1) is 4.97. The molecule has 0 aliphatic rings. The van der Waals surface area contributed by atoms with Crippen LogP contribution in [-0.2, 0) is 32.7 Å². The van der Waals surface area contributed by atoms with Crippen molar-refractivity contribution < 1.29 is 32.7 Å². The number of hydrogen-bond acceptors (Lipinski definition) is 2. The molecule has 0 aromatic carbocycles. The average Bonchev–Trinajstić information content (AvgIpc) is 2.59. The van der Waals surface area contributed by atoms with E-state index >= 15 is 0 Å². The Morgan fingerprint density at radius 2 is 1.36 bits per heavy atom. The predicted octanol–water partition coefficient (Wildman–Crippen LogP) is 3.07. The molecule has 0 spiro atoms. The first-order valence-electron chi connectivity index (χ1n) is 2.87. The quantitative estimate of drug-likeness (QED) is 0.685. The topological polar surface area (TPSA) is 0 Å². The molecule has 0 saturated heterocycles. The molecule has 0 fully saturated rings. The smallest absolute Gasteiger partial charge is 0 e. The van der Waals surface area contributed by atoms with Gasteiger partial charge in [-0.1, -0.05) is 0 Å². The van der Waals surface area contributed by atoms with Crippen LogP contribution in [-0.4, -0.2) is 0 Å². The van der Waals surface area contributed by atoms with E-state index in [1.54, 1.807) is 22.7 Å². The minimum atomic E-state index is 0. The largest absolute Gasteiger partial charge is 0.305 e. The third-order valence-corrected chi connectivity index (χ3v) is 2.93. The molecule has 0 amide bonds. The summed E-state index contributed by atoms with van der Waals surface area (Å²) in [5.41, 5.74) is 0. The van der Waals surface area contributed by atoms with Crippen LogP contribution < -0.4 is 0 Å². The Balaban J connectivity index is 0.000000605. The molecule has 1 radical (unpaired) electrons. The van der Waals surface area contributed by atoms with Crippen molar-refractivity contribution in [3.8, 4) is 9.75 Å². The van der Waals surface area contributed by atoms with E-state index in [0.29, 0.717) is 0 Å². The molecular formula is C8H4S2Y-2. The van der Waals surface area contributed by atoms with Crippen molar-refractivity contribution in [1.29, 1.82) is 0 Å². The first-order valence-corrected chi connectivity index (χ1v) is 4.63. The molecule has 0 aliphatic carbocycles. The van der Waals surface area contributed by atoms with Crippen molar-refractivity contribution in [3.05, 3.63) is 35.0 Å². The zero-order valence-electron chi connectivity index (χ0n) is 5.70. The summed E-state index contributed by atoms with van der Waals surface area (Å²) >= 11 is 3.41. The molecule has 0 atom stereocenters. The summed E-state index contributed by atoms with van der Waals surface area (Å²) in [6, 6.07) is 10.2. The van der Waals surface area contributed by atoms with Crippen molar-refractivity contribution >= 4 is 22.7 Å². The van der Waals surface area contributed by atoms with Crippen molar-refractivity contribution in [3.63, 3.8) is 0 Å². The van der Waals surface area contributed by atoms with Crippen LogP contribution in [0.15, 0.2) is 22.9 Å². The Kier molecular flexibility index (Phi) is 3.93. The molecular weight excluding hydrogens is 249 g/mol. The van der Waals surface area contributed by atoms with Gasteiger partial charge in [-0.05, 0) is 0 Å². The maximum atomic E-state index is 3.14. The van der Waals surface area contributed by atoms with Gasteiger partial charge < -0.3 is 22.7 Å². The van der Waals surface area contributed by atoms with Gasteiger partial charge in [-0.25, -0.2) is 12.1 Å². The molecule has 2 heterocycles. The Labute approximate surface area is 99.2 Å². The van der Waals surface area contributed by atoms with Crippen LogP contribution in [0, 0.1) is 12.1 Å². The fourth-order valence-corrected chi connectivity index (χ4v) is 2.17. The van der Waals surface area contributed by atoms with E-state index in [9.17, 15) is 0 Å². The molecule has 3 heteroatoms. The van der Waals surface area contributed by atoms with Gasteiger partial charge in [0.1, 0.15) is 0 Å². The summed E-state index contributed by atoms with van der Waals surface area (Å²) in [5.74, 6) is 0. The van der Waals surface area contributed by atoms with Crippen LogP contribution in [0.2, 0.25) is 0 Å². The Morgan fingerprint density at radius 1 is 0.909 bits per heavy atom. The summed E-state index contributed by atoms with van der Waals surface area (Å²) < 4.78 is 0. The standard InChI is InChI=1S/C8H4S2.Y/c1-3-7(9-5-1)8-4-2-6-10-8;/h1-2,5-6H;/q-2;. The van der Waals surface area contributed by atoms with Gasteiger partial charge in [0, 0.05) is 32.7 Å². The van der Waals surface area contributed by atoms with Gasteiger partial charge in [0.05, 0.1) is 0 Å². The second-order valence-electron chi connectivity index (χ2n) is 1.79. The maximum Gasteiger partial charge on any atom is 0 e. The van der Waals surface area contributed by atoms with Crippen molar-refractivity contribution in [2.75, 3.05) is 0 Å². The van der Waals surface area contributed by atoms with Gasteiger partial charge in [0.25, 0.3) is 0 Å². The van der Waals surface area contributed by atoms with Gasteiger partial charge in [-0.3, -0.25) is 0 Å². The number of rotatable bonds is 1. The Morgan fingerprint density at radius 3 is 1.64 bits per heavy atom. The monoisotopic (exact) mass is 253 g/mol. The fraction of sp³-hybridized carbons (Fsp3) is 0. The minimum Gasteiger partial charge on any atom is -0.305 e. The predicted molar refractivity (Wildman–Crippen MR) is 45.3 cm³/mol. The van der Waals surface area contributed by atoms with Crippen LogP contribution in [0.3, 0.4) is 0 Å². The fourth-order valence-electron chi connectivity index (χ4n) is 0.730. The molecule has 2 rings (SSSR count). The minimum absolute atomic E-state index is 0. The third kappa shape index (κ3) is 2.22. The van der Waals surface area contributed by atoms with Gasteiger partial charge in [0.2, 0.25) is 0 Å². The molecule has 0 saturated carbocycles. The number of thiophene rings is 2. The van der Waals surface area contributed by atoms with E-state index in [1.165, 1.54) is 9.75 Å². The second kappa shape index (κ2) is 4.51. The number of hydrogen-bond donors (Lipinski definition) is 0. The molecule has 0 nitrogen and oxygen atoms in total. The van der Waals surface area contributed by atoms with Gasteiger partial charge in [-0.15, -0.1) is 10.8 Å². The van der Waals surface area contributed by atoms with Crippen LogP contribution in [0.25, 0.3) is 9.75 Å². The normalized spacial score (nSPS) is 9.09. The van der Waals surface area contributed by atoms with Gasteiger partial charge >= 0.3 is 0 Å². The zero-order chi connectivity index (χ0) is 6.81. The Hall–Kier alpha value is 0.504. The summed E-state index contributed by atoms with van der Waals surface area (Å²) in [6.07, 6.45) is 0. The van der Waals surface area contributed by atoms with Gasteiger partial charge in [-0.2, -0.15) is 21.9 Å². The van der Waals surface area contributed by atoms with Crippen molar-refractivity contribution in [2.45, 2.75) is 0 Å². The van der Waals surface area contributed by atoms with E-state index in [4.69, 9.17) is 0 Å². The average molecular weight is 253 g/mol.